The molecule has 0 atom stereocenters. The van der Waals surface area contributed by atoms with E-state index in [2.05, 4.69) is 20.9 Å². The number of alkyl halides is 1. The van der Waals surface area contributed by atoms with E-state index < -0.39 is 0 Å². The molecular formula is C22H28BrNO5. The minimum absolute atomic E-state index is 0.0688. The van der Waals surface area contributed by atoms with Crippen molar-refractivity contribution >= 4 is 26.8 Å². The van der Waals surface area contributed by atoms with E-state index in [0.29, 0.717) is 6.61 Å². The third-order valence-corrected chi connectivity index (χ3v) is 4.27. The molecule has 0 fully saturated rings. The van der Waals surface area contributed by atoms with Crippen LogP contribution >= 0.6 is 15.9 Å². The van der Waals surface area contributed by atoms with Gasteiger partial charge in [-0.05, 0) is 31.4 Å². The van der Waals surface area contributed by atoms with Gasteiger partial charge in [0.05, 0.1) is 6.61 Å². The number of ether oxygens (including phenoxy) is 1. The highest BCUT2D eigenvalue weighted by molar-refractivity contribution is 9.09. The third kappa shape index (κ3) is 8.66. The van der Waals surface area contributed by atoms with Crippen LogP contribution in [0.4, 0.5) is 0 Å². The van der Waals surface area contributed by atoms with Gasteiger partial charge in [0.15, 0.2) is 5.43 Å². The lowest BCUT2D eigenvalue weighted by Gasteiger charge is -2.04. The fraction of sp³-hybridized carbons (Fsp3) is 0.364. The van der Waals surface area contributed by atoms with Gasteiger partial charge in [-0.15, -0.1) is 0 Å². The van der Waals surface area contributed by atoms with Crippen LogP contribution < -0.4 is 15.6 Å². The molecule has 0 spiro atoms. The van der Waals surface area contributed by atoms with Gasteiger partial charge in [-0.2, -0.15) is 0 Å². The lowest BCUT2D eigenvalue weighted by Crippen LogP contribution is -2.09. The molecule has 0 aliphatic heterocycles. The first-order chi connectivity index (χ1) is 14.2. The number of hydrogen-bond acceptors (Lipinski definition) is 5. The number of hydrogen-bond donors (Lipinski definition) is 2. The highest BCUT2D eigenvalue weighted by atomic mass is 79.9. The van der Waals surface area contributed by atoms with Gasteiger partial charge in [-0.3, -0.25) is 9.59 Å². The number of unbranched alkanes of at least 4 members (excludes halogenated alkanes) is 2. The van der Waals surface area contributed by atoms with Gasteiger partial charge >= 0.3 is 0 Å². The fourth-order valence-corrected chi connectivity index (χ4v) is 2.70. The van der Waals surface area contributed by atoms with Crippen molar-refractivity contribution in [3.8, 4) is 5.75 Å². The van der Waals surface area contributed by atoms with Crippen LogP contribution in [0.5, 0.6) is 5.75 Å². The van der Waals surface area contributed by atoms with Crippen molar-refractivity contribution in [2.75, 3.05) is 11.9 Å². The van der Waals surface area contributed by atoms with E-state index >= 15 is 0 Å². The summed E-state index contributed by atoms with van der Waals surface area (Å²) in [5.41, 5.74) is 0.704. The number of para-hydroxylation sites is 1. The zero-order valence-corrected chi connectivity index (χ0v) is 18.4. The first-order valence-corrected chi connectivity index (χ1v) is 10.8. The molecule has 0 amide bonds. The highest BCUT2D eigenvalue weighted by Gasteiger charge is 2.03. The van der Waals surface area contributed by atoms with Gasteiger partial charge in [0, 0.05) is 34.6 Å². The summed E-state index contributed by atoms with van der Waals surface area (Å²) in [6, 6.07) is 10.2. The smallest absolute Gasteiger partial charge is 0.227 e. The molecule has 0 bridgehead atoms. The molecule has 2 heterocycles. The molecule has 6 nitrogen and oxygen atoms in total. The summed E-state index contributed by atoms with van der Waals surface area (Å²) >= 11 is 3.34. The zero-order chi connectivity index (χ0) is 21.5. The van der Waals surface area contributed by atoms with Crippen molar-refractivity contribution in [3.05, 3.63) is 75.1 Å². The van der Waals surface area contributed by atoms with Gasteiger partial charge in [-0.25, -0.2) is 0 Å². The van der Waals surface area contributed by atoms with Crippen molar-refractivity contribution in [1.82, 2.24) is 4.98 Å². The van der Waals surface area contributed by atoms with E-state index in [1.807, 2.05) is 38.1 Å². The maximum absolute atomic E-state index is 11.4. The summed E-state index contributed by atoms with van der Waals surface area (Å²) in [6.07, 6.45) is 5.97. The van der Waals surface area contributed by atoms with Crippen LogP contribution in [0, 0.1) is 0 Å². The maximum atomic E-state index is 11.4. The van der Waals surface area contributed by atoms with Crippen LogP contribution in [0.15, 0.2) is 62.9 Å². The number of fused-ring (bicyclic) bond motifs is 1. The first kappa shape index (κ1) is 24.7. The quantitative estimate of drug-likeness (QED) is 0.391. The standard InChI is InChI=1S/C11H15BrO4.C9H7NO.C2H6/c12-4-2-1-3-5-15-11-8-16-9(7-13)6-10(11)14;11-9-5-6-10-8-4-2-1-3-7(8)9;1-2/h6,8,13H,1-5,7H2;1-6H,(H,10,11);1-2H3. The average Bonchev–Trinajstić information content (AvgIpc) is 2.77. The third-order valence-electron chi connectivity index (χ3n) is 3.71. The molecule has 29 heavy (non-hydrogen) atoms. The Kier molecular flexibility index (Phi) is 12.4. The SMILES string of the molecule is CC.O=c1cc(CO)occ1OCCCCCBr.O=c1cc[nH]c2ccccc12. The number of nitrogens with one attached hydrogen (secondary N) is 1. The van der Waals surface area contributed by atoms with E-state index in [4.69, 9.17) is 14.3 Å². The number of pyridine rings is 1. The zero-order valence-electron chi connectivity index (χ0n) is 16.8. The Hall–Kier alpha value is -2.38. The molecule has 0 aliphatic carbocycles. The van der Waals surface area contributed by atoms with Crippen LogP contribution in [0.1, 0.15) is 38.9 Å². The van der Waals surface area contributed by atoms with Crippen LogP contribution in [0.2, 0.25) is 0 Å². The molecule has 2 aromatic heterocycles. The normalized spacial score (nSPS) is 9.79. The summed E-state index contributed by atoms with van der Waals surface area (Å²) in [6.45, 7) is 4.23. The van der Waals surface area contributed by atoms with E-state index in [1.54, 1.807) is 6.20 Å². The van der Waals surface area contributed by atoms with Gasteiger partial charge in [0.2, 0.25) is 11.2 Å². The van der Waals surface area contributed by atoms with Crippen molar-refractivity contribution in [3.63, 3.8) is 0 Å². The Morgan fingerprint density at radius 3 is 2.48 bits per heavy atom. The Morgan fingerprint density at radius 1 is 1.07 bits per heavy atom. The van der Waals surface area contributed by atoms with Crippen LogP contribution in [-0.2, 0) is 6.61 Å². The highest BCUT2D eigenvalue weighted by Crippen LogP contribution is 2.07. The van der Waals surface area contributed by atoms with Crippen LogP contribution in [0.3, 0.4) is 0 Å². The average molecular weight is 466 g/mol. The number of H-pyrrole nitrogens is 1. The molecule has 3 aromatic rings. The number of benzene rings is 1. The lowest BCUT2D eigenvalue weighted by molar-refractivity contribution is 0.236. The second-order valence-corrected chi connectivity index (χ2v) is 6.51. The summed E-state index contributed by atoms with van der Waals surface area (Å²) in [5.74, 6) is 0.452. The molecule has 3 rings (SSSR count). The Morgan fingerprint density at radius 2 is 1.83 bits per heavy atom. The molecule has 7 heteroatoms. The molecule has 0 saturated heterocycles. The molecule has 0 saturated carbocycles. The van der Waals surface area contributed by atoms with Gasteiger partial charge in [0.25, 0.3) is 0 Å². The van der Waals surface area contributed by atoms with Crippen molar-refractivity contribution < 1.29 is 14.3 Å². The monoisotopic (exact) mass is 465 g/mol. The predicted octanol–water partition coefficient (Wildman–Crippen LogP) is 4.63. The predicted molar refractivity (Wildman–Crippen MR) is 120 cm³/mol. The molecular weight excluding hydrogens is 438 g/mol. The molecule has 0 aliphatic rings. The maximum Gasteiger partial charge on any atom is 0.227 e. The lowest BCUT2D eigenvalue weighted by atomic mass is 10.2. The minimum atomic E-state index is -0.277. The molecule has 1 aromatic carbocycles. The largest absolute Gasteiger partial charge is 0.487 e. The summed E-state index contributed by atoms with van der Waals surface area (Å²) in [5, 5.41) is 10.5. The van der Waals surface area contributed by atoms with E-state index in [9.17, 15) is 9.59 Å². The van der Waals surface area contributed by atoms with Crippen molar-refractivity contribution in [1.29, 1.82) is 0 Å². The van der Waals surface area contributed by atoms with E-state index in [-0.39, 0.29) is 29.0 Å². The number of rotatable bonds is 7. The number of aliphatic hydroxyl groups is 1. The molecule has 0 radical (unpaired) electrons. The van der Waals surface area contributed by atoms with Crippen molar-refractivity contribution in [2.45, 2.75) is 39.7 Å². The second-order valence-electron chi connectivity index (χ2n) is 5.72. The summed E-state index contributed by atoms with van der Waals surface area (Å²) < 4.78 is 10.3. The molecule has 0 unspecified atom stereocenters. The van der Waals surface area contributed by atoms with Gasteiger partial charge in [-0.1, -0.05) is 41.9 Å². The molecule has 158 valence electrons. The Labute approximate surface area is 178 Å². The minimum Gasteiger partial charge on any atom is -0.487 e. The molecule has 2 N–H and O–H groups in total. The van der Waals surface area contributed by atoms with Crippen molar-refractivity contribution in [2.24, 2.45) is 0 Å². The Bertz CT molecular complexity index is 946. The topological polar surface area (TPSA) is 92.5 Å². The number of halogens is 1. The van der Waals surface area contributed by atoms with E-state index in [1.165, 1.54) is 18.4 Å². The van der Waals surface area contributed by atoms with Gasteiger partial charge < -0.3 is 19.2 Å². The van der Waals surface area contributed by atoms with Crippen LogP contribution in [0.25, 0.3) is 10.9 Å². The van der Waals surface area contributed by atoms with E-state index in [0.717, 1.165) is 35.5 Å². The number of aromatic amines is 1. The summed E-state index contributed by atoms with van der Waals surface area (Å²) in [7, 11) is 0. The number of aromatic nitrogens is 1. The summed E-state index contributed by atoms with van der Waals surface area (Å²) in [4.78, 5) is 25.6. The second kappa shape index (κ2) is 14.6. The van der Waals surface area contributed by atoms with Gasteiger partial charge in [0.1, 0.15) is 18.6 Å². The first-order valence-electron chi connectivity index (χ1n) is 9.63. The Balaban J connectivity index is 0.000000280. The van der Waals surface area contributed by atoms with Crippen LogP contribution in [-0.4, -0.2) is 22.0 Å². The fourth-order valence-electron chi connectivity index (χ4n) is 2.30. The number of aliphatic hydroxyl groups excluding tert-OH is 1.